The molecule has 2 saturated heterocycles. The standard InChI is InChI=1S/C31H41F3N6O3/c1-3-22-21-39(29(42)30(31(32,33)34)12-5-6-13-30)19-20-40(22)25-11-10-24(23-9-7-14-36-28(23)43-4-2)37-26(25)27(41)35-15-18-38-16-8-17-38/h7,9-11,14,22H,3-6,8,12-13,15-21H2,1-2H3,(H,35,41)/t22-/m1/s1. The zero-order chi connectivity index (χ0) is 30.6. The van der Waals surface area contributed by atoms with Crippen molar-refractivity contribution in [1.29, 1.82) is 0 Å². The van der Waals surface area contributed by atoms with Gasteiger partial charge in [0.05, 0.1) is 23.6 Å². The molecule has 3 aliphatic rings. The average molecular weight is 603 g/mol. The molecule has 0 unspecified atom stereocenters. The number of hydrogen-bond donors (Lipinski definition) is 1. The van der Waals surface area contributed by atoms with Crippen molar-refractivity contribution in [3.8, 4) is 17.1 Å². The molecule has 0 radical (unpaired) electrons. The van der Waals surface area contributed by atoms with Gasteiger partial charge in [-0.15, -0.1) is 0 Å². The van der Waals surface area contributed by atoms with Crippen molar-refractivity contribution in [2.24, 2.45) is 5.41 Å². The van der Waals surface area contributed by atoms with Gasteiger partial charge in [-0.2, -0.15) is 13.2 Å². The number of likely N-dealkylation sites (tertiary alicyclic amines) is 1. The van der Waals surface area contributed by atoms with Crippen molar-refractivity contribution in [1.82, 2.24) is 25.1 Å². The van der Waals surface area contributed by atoms with Crippen molar-refractivity contribution in [3.63, 3.8) is 0 Å². The summed E-state index contributed by atoms with van der Waals surface area (Å²) in [6, 6.07) is 6.99. The van der Waals surface area contributed by atoms with Crippen LogP contribution in [0.15, 0.2) is 30.5 Å². The van der Waals surface area contributed by atoms with Crippen LogP contribution in [0.25, 0.3) is 11.3 Å². The van der Waals surface area contributed by atoms with E-state index in [2.05, 4.69) is 15.2 Å². The third-order valence-corrected chi connectivity index (χ3v) is 9.04. The maximum absolute atomic E-state index is 14.2. The number of carbonyl (C=O) groups excluding carboxylic acids is 2. The Hall–Kier alpha value is -3.41. The SMILES string of the molecule is CCOc1ncccc1-c1ccc(N2CCN(C(=O)C3(C(F)(F)F)CCCC3)C[C@H]2CC)c(C(=O)NCCN2CCC2)n1. The number of aromatic nitrogens is 2. The van der Waals surface area contributed by atoms with Gasteiger partial charge in [0.1, 0.15) is 5.41 Å². The lowest BCUT2D eigenvalue weighted by molar-refractivity contribution is -0.226. The second kappa shape index (κ2) is 13.1. The van der Waals surface area contributed by atoms with E-state index in [4.69, 9.17) is 9.72 Å². The van der Waals surface area contributed by atoms with Crippen LogP contribution in [-0.4, -0.2) is 96.2 Å². The van der Waals surface area contributed by atoms with E-state index in [1.54, 1.807) is 12.3 Å². The van der Waals surface area contributed by atoms with Crippen LogP contribution < -0.4 is 15.0 Å². The molecule has 4 heterocycles. The van der Waals surface area contributed by atoms with Gasteiger partial charge in [0.15, 0.2) is 5.69 Å². The van der Waals surface area contributed by atoms with E-state index in [-0.39, 0.29) is 43.6 Å². The highest BCUT2D eigenvalue weighted by Gasteiger charge is 2.62. The summed E-state index contributed by atoms with van der Waals surface area (Å²) in [6.07, 6.45) is -0.712. The molecule has 2 aromatic heterocycles. The summed E-state index contributed by atoms with van der Waals surface area (Å²) >= 11 is 0. The Morgan fingerprint density at radius 3 is 2.49 bits per heavy atom. The van der Waals surface area contributed by atoms with E-state index >= 15 is 0 Å². The number of anilines is 1. The number of piperazine rings is 1. The molecule has 5 rings (SSSR count). The smallest absolute Gasteiger partial charge is 0.403 e. The molecular formula is C31H41F3N6O3. The minimum atomic E-state index is -4.58. The van der Waals surface area contributed by atoms with Gasteiger partial charge in [-0.25, -0.2) is 9.97 Å². The number of hydrogen-bond acceptors (Lipinski definition) is 7. The van der Waals surface area contributed by atoms with Crippen LogP contribution in [0.2, 0.25) is 0 Å². The largest absolute Gasteiger partial charge is 0.477 e. The Morgan fingerprint density at radius 2 is 1.84 bits per heavy atom. The van der Waals surface area contributed by atoms with Crippen LogP contribution in [0, 0.1) is 5.41 Å². The predicted molar refractivity (Wildman–Crippen MR) is 157 cm³/mol. The number of carbonyl (C=O) groups is 2. The molecule has 43 heavy (non-hydrogen) atoms. The molecule has 0 bridgehead atoms. The van der Waals surface area contributed by atoms with Crippen LogP contribution in [-0.2, 0) is 4.79 Å². The maximum atomic E-state index is 14.2. The van der Waals surface area contributed by atoms with Crippen molar-refractivity contribution >= 4 is 17.5 Å². The molecule has 2 aromatic rings. The fraction of sp³-hybridized carbons (Fsp3) is 0.613. The van der Waals surface area contributed by atoms with Crippen LogP contribution in [0.3, 0.4) is 0 Å². The van der Waals surface area contributed by atoms with E-state index in [1.807, 2.05) is 36.9 Å². The minimum absolute atomic E-state index is 0.141. The monoisotopic (exact) mass is 602 g/mol. The fourth-order valence-electron chi connectivity index (χ4n) is 6.46. The molecule has 2 aliphatic heterocycles. The second-order valence-corrected chi connectivity index (χ2v) is 11.6. The number of alkyl halides is 3. The number of nitrogens with one attached hydrogen (secondary N) is 1. The summed E-state index contributed by atoms with van der Waals surface area (Å²) in [6.45, 7) is 8.08. The number of halogens is 3. The molecule has 234 valence electrons. The van der Waals surface area contributed by atoms with Crippen LogP contribution in [0.5, 0.6) is 5.88 Å². The lowest BCUT2D eigenvalue weighted by Crippen LogP contribution is -2.60. The molecule has 3 fully saturated rings. The molecule has 12 heteroatoms. The third-order valence-electron chi connectivity index (χ3n) is 9.04. The molecule has 1 atom stereocenters. The minimum Gasteiger partial charge on any atom is -0.477 e. The first-order chi connectivity index (χ1) is 20.7. The maximum Gasteiger partial charge on any atom is 0.403 e. The number of nitrogens with zero attached hydrogens (tertiary/aromatic N) is 5. The summed E-state index contributed by atoms with van der Waals surface area (Å²) in [5.41, 5.74) is -0.281. The van der Waals surface area contributed by atoms with E-state index in [1.165, 1.54) is 4.90 Å². The van der Waals surface area contributed by atoms with Gasteiger partial charge >= 0.3 is 6.18 Å². The van der Waals surface area contributed by atoms with E-state index in [9.17, 15) is 22.8 Å². The van der Waals surface area contributed by atoms with Crippen molar-refractivity contribution in [2.75, 3.05) is 57.3 Å². The highest BCUT2D eigenvalue weighted by Crippen LogP contribution is 2.52. The van der Waals surface area contributed by atoms with Gasteiger partial charge in [0.25, 0.3) is 5.91 Å². The molecule has 1 aliphatic carbocycles. The highest BCUT2D eigenvalue weighted by atomic mass is 19.4. The first-order valence-electron chi connectivity index (χ1n) is 15.4. The lowest BCUT2D eigenvalue weighted by atomic mass is 9.83. The van der Waals surface area contributed by atoms with Gasteiger partial charge in [-0.3, -0.25) is 9.59 Å². The Morgan fingerprint density at radius 1 is 1.07 bits per heavy atom. The summed E-state index contributed by atoms with van der Waals surface area (Å²) in [5, 5.41) is 3.01. The molecule has 2 amide bonds. The van der Waals surface area contributed by atoms with Gasteiger partial charge in [-0.1, -0.05) is 19.8 Å². The fourth-order valence-corrected chi connectivity index (χ4v) is 6.46. The van der Waals surface area contributed by atoms with E-state index in [0.717, 1.165) is 26.1 Å². The molecular weight excluding hydrogens is 561 g/mol. The van der Waals surface area contributed by atoms with Crippen LogP contribution in [0.1, 0.15) is 62.9 Å². The number of amides is 2. The zero-order valence-corrected chi connectivity index (χ0v) is 25.0. The number of pyridine rings is 2. The molecule has 9 nitrogen and oxygen atoms in total. The summed E-state index contributed by atoms with van der Waals surface area (Å²) < 4.78 is 48.3. The van der Waals surface area contributed by atoms with Crippen molar-refractivity contribution < 1.29 is 27.5 Å². The van der Waals surface area contributed by atoms with E-state index in [0.29, 0.717) is 61.8 Å². The second-order valence-electron chi connectivity index (χ2n) is 11.6. The Bertz CT molecular complexity index is 1300. The number of ether oxygens (including phenoxy) is 1. The lowest BCUT2D eigenvalue weighted by Gasteiger charge is -2.45. The summed E-state index contributed by atoms with van der Waals surface area (Å²) in [7, 11) is 0. The quantitative estimate of drug-likeness (QED) is 0.428. The average Bonchev–Trinajstić information content (AvgIpc) is 3.50. The zero-order valence-electron chi connectivity index (χ0n) is 25.0. The van der Waals surface area contributed by atoms with Crippen LogP contribution in [0.4, 0.5) is 18.9 Å². The highest BCUT2D eigenvalue weighted by molar-refractivity contribution is 5.98. The van der Waals surface area contributed by atoms with Gasteiger partial charge in [-0.05, 0) is 70.0 Å². The first kappa shape index (κ1) is 31.0. The summed E-state index contributed by atoms with van der Waals surface area (Å²) in [4.78, 5) is 41.9. The molecule has 1 saturated carbocycles. The van der Waals surface area contributed by atoms with Crippen molar-refractivity contribution in [3.05, 3.63) is 36.2 Å². The molecule has 0 aromatic carbocycles. The van der Waals surface area contributed by atoms with Gasteiger partial charge in [0.2, 0.25) is 11.8 Å². The van der Waals surface area contributed by atoms with E-state index < -0.39 is 17.5 Å². The Balaban J connectivity index is 1.42. The van der Waals surface area contributed by atoms with Crippen molar-refractivity contribution in [2.45, 2.75) is 64.6 Å². The third kappa shape index (κ3) is 6.30. The first-order valence-corrected chi connectivity index (χ1v) is 15.4. The molecule has 1 N–H and O–H groups in total. The normalized spacial score (nSPS) is 20.5. The van der Waals surface area contributed by atoms with Gasteiger partial charge in [0, 0.05) is 45.0 Å². The molecule has 0 spiro atoms. The predicted octanol–water partition coefficient (Wildman–Crippen LogP) is 4.53. The van der Waals surface area contributed by atoms with Gasteiger partial charge < -0.3 is 24.8 Å². The Labute approximate surface area is 250 Å². The number of rotatable bonds is 10. The topological polar surface area (TPSA) is 90.9 Å². The summed E-state index contributed by atoms with van der Waals surface area (Å²) in [5.74, 6) is -0.721. The Kier molecular flexibility index (Phi) is 9.43. The van der Waals surface area contributed by atoms with Crippen LogP contribution >= 0.6 is 0 Å².